The van der Waals surface area contributed by atoms with Gasteiger partial charge in [-0.1, -0.05) is 24.3 Å². The fourth-order valence-corrected chi connectivity index (χ4v) is 2.33. The average Bonchev–Trinajstić information content (AvgIpc) is 2.82. The molecule has 0 aliphatic rings. The molecule has 0 bridgehead atoms. The van der Waals surface area contributed by atoms with Crippen LogP contribution in [0.2, 0.25) is 0 Å². The minimum Gasteiger partial charge on any atom is -0.360 e. The van der Waals surface area contributed by atoms with Crippen LogP contribution in [0.3, 0.4) is 0 Å². The Morgan fingerprint density at radius 1 is 1.11 bits per heavy atom. The Kier molecular flexibility index (Phi) is 2.56. The highest BCUT2D eigenvalue weighted by Crippen LogP contribution is 2.32. The molecule has 3 aromatic rings. The molecular formula is C15H12N2O2. The highest BCUT2D eigenvalue weighted by atomic mass is 16.6. The monoisotopic (exact) mass is 252 g/mol. The van der Waals surface area contributed by atoms with E-state index < -0.39 is 0 Å². The number of H-pyrrole nitrogens is 1. The molecule has 0 unspecified atom stereocenters. The van der Waals surface area contributed by atoms with Crippen LogP contribution in [0, 0.1) is 17.0 Å². The topological polar surface area (TPSA) is 58.9 Å². The first-order valence-corrected chi connectivity index (χ1v) is 5.98. The number of hydrogen-bond acceptors (Lipinski definition) is 2. The van der Waals surface area contributed by atoms with Gasteiger partial charge in [-0.05, 0) is 24.1 Å². The van der Waals surface area contributed by atoms with Gasteiger partial charge in [0, 0.05) is 29.3 Å². The third kappa shape index (κ3) is 1.87. The molecule has 0 spiro atoms. The largest absolute Gasteiger partial charge is 0.360 e. The van der Waals surface area contributed by atoms with E-state index in [4.69, 9.17) is 0 Å². The van der Waals surface area contributed by atoms with Crippen molar-refractivity contribution in [2.45, 2.75) is 6.92 Å². The zero-order chi connectivity index (χ0) is 13.4. The Morgan fingerprint density at radius 2 is 1.89 bits per heavy atom. The Labute approximate surface area is 109 Å². The SMILES string of the molecule is Cc1ccccc1-c1c[nH]c2cc([N+](=O)[O-])ccc12. The lowest BCUT2D eigenvalue weighted by atomic mass is 10.0. The van der Waals surface area contributed by atoms with Crippen LogP contribution in [0.5, 0.6) is 0 Å². The quantitative estimate of drug-likeness (QED) is 0.552. The highest BCUT2D eigenvalue weighted by Gasteiger charge is 2.11. The van der Waals surface area contributed by atoms with E-state index in [9.17, 15) is 10.1 Å². The second kappa shape index (κ2) is 4.24. The van der Waals surface area contributed by atoms with Crippen molar-refractivity contribution in [3.8, 4) is 11.1 Å². The number of hydrogen-bond donors (Lipinski definition) is 1. The molecule has 0 fully saturated rings. The van der Waals surface area contributed by atoms with Gasteiger partial charge in [0.1, 0.15) is 0 Å². The molecule has 0 aliphatic carbocycles. The van der Waals surface area contributed by atoms with Crippen LogP contribution in [-0.4, -0.2) is 9.91 Å². The number of aryl methyl sites for hydroxylation is 1. The fraction of sp³-hybridized carbons (Fsp3) is 0.0667. The molecule has 0 radical (unpaired) electrons. The number of nitro groups is 1. The van der Waals surface area contributed by atoms with Gasteiger partial charge >= 0.3 is 0 Å². The van der Waals surface area contributed by atoms with Crippen molar-refractivity contribution in [1.29, 1.82) is 0 Å². The van der Waals surface area contributed by atoms with Crippen LogP contribution in [-0.2, 0) is 0 Å². The van der Waals surface area contributed by atoms with Crippen molar-refractivity contribution in [2.24, 2.45) is 0 Å². The van der Waals surface area contributed by atoms with E-state index in [0.29, 0.717) is 0 Å². The summed E-state index contributed by atoms with van der Waals surface area (Å²) in [6.07, 6.45) is 1.90. The molecule has 0 saturated heterocycles. The molecule has 0 atom stereocenters. The maximum atomic E-state index is 10.8. The van der Waals surface area contributed by atoms with E-state index >= 15 is 0 Å². The van der Waals surface area contributed by atoms with Gasteiger partial charge in [-0.2, -0.15) is 0 Å². The second-order valence-electron chi connectivity index (χ2n) is 4.50. The number of nitro benzene ring substituents is 1. The second-order valence-corrected chi connectivity index (χ2v) is 4.50. The normalized spacial score (nSPS) is 10.8. The van der Waals surface area contributed by atoms with Crippen LogP contribution in [0.25, 0.3) is 22.0 Å². The van der Waals surface area contributed by atoms with E-state index in [2.05, 4.69) is 24.0 Å². The summed E-state index contributed by atoms with van der Waals surface area (Å²) in [5, 5.41) is 11.8. The summed E-state index contributed by atoms with van der Waals surface area (Å²) < 4.78 is 0. The van der Waals surface area contributed by atoms with Crippen LogP contribution in [0.1, 0.15) is 5.56 Å². The number of non-ortho nitro benzene ring substituents is 1. The number of aromatic amines is 1. The molecule has 0 saturated carbocycles. The first-order chi connectivity index (χ1) is 9.16. The summed E-state index contributed by atoms with van der Waals surface area (Å²) in [6, 6.07) is 13.0. The lowest BCUT2D eigenvalue weighted by Crippen LogP contribution is -1.87. The first kappa shape index (κ1) is 11.5. The average molecular weight is 252 g/mol. The molecule has 19 heavy (non-hydrogen) atoms. The first-order valence-electron chi connectivity index (χ1n) is 5.98. The van der Waals surface area contributed by atoms with Gasteiger partial charge in [0.25, 0.3) is 5.69 Å². The summed E-state index contributed by atoms with van der Waals surface area (Å²) in [7, 11) is 0. The Morgan fingerprint density at radius 3 is 2.63 bits per heavy atom. The van der Waals surface area contributed by atoms with Gasteiger partial charge in [0.15, 0.2) is 0 Å². The van der Waals surface area contributed by atoms with Gasteiger partial charge in [0.2, 0.25) is 0 Å². The van der Waals surface area contributed by atoms with Crippen molar-refractivity contribution in [2.75, 3.05) is 0 Å². The summed E-state index contributed by atoms with van der Waals surface area (Å²) in [5.74, 6) is 0. The zero-order valence-corrected chi connectivity index (χ0v) is 10.4. The van der Waals surface area contributed by atoms with Gasteiger partial charge in [-0.15, -0.1) is 0 Å². The summed E-state index contributed by atoms with van der Waals surface area (Å²) in [5.41, 5.74) is 4.28. The molecule has 1 N–H and O–H groups in total. The van der Waals surface area contributed by atoms with Gasteiger partial charge in [-0.3, -0.25) is 10.1 Å². The number of aromatic nitrogens is 1. The minimum atomic E-state index is -0.381. The Hall–Kier alpha value is -2.62. The molecule has 4 heteroatoms. The van der Waals surface area contributed by atoms with Gasteiger partial charge < -0.3 is 4.98 Å². The lowest BCUT2D eigenvalue weighted by molar-refractivity contribution is -0.384. The fourth-order valence-electron chi connectivity index (χ4n) is 2.33. The van der Waals surface area contributed by atoms with Crippen molar-refractivity contribution >= 4 is 16.6 Å². The van der Waals surface area contributed by atoms with Crippen LogP contribution in [0.4, 0.5) is 5.69 Å². The van der Waals surface area contributed by atoms with Crippen LogP contribution < -0.4 is 0 Å². The van der Waals surface area contributed by atoms with Crippen molar-refractivity contribution in [3.05, 3.63) is 64.3 Å². The standard InChI is InChI=1S/C15H12N2O2/c1-10-4-2-3-5-12(10)14-9-16-15-8-11(17(18)19)6-7-13(14)15/h2-9,16H,1H3. The molecular weight excluding hydrogens is 240 g/mol. The number of benzene rings is 2. The minimum absolute atomic E-state index is 0.102. The van der Waals surface area contributed by atoms with E-state index in [1.54, 1.807) is 12.1 Å². The third-order valence-corrected chi connectivity index (χ3v) is 3.31. The summed E-state index contributed by atoms with van der Waals surface area (Å²) >= 11 is 0. The predicted octanol–water partition coefficient (Wildman–Crippen LogP) is 4.05. The molecule has 1 heterocycles. The molecule has 0 aliphatic heterocycles. The molecule has 0 amide bonds. The molecule has 3 rings (SSSR count). The van der Waals surface area contributed by atoms with Crippen LogP contribution in [0.15, 0.2) is 48.7 Å². The van der Waals surface area contributed by atoms with Crippen LogP contribution >= 0.6 is 0 Å². The maximum absolute atomic E-state index is 10.8. The Bertz CT molecular complexity index is 775. The molecule has 1 aromatic heterocycles. The third-order valence-electron chi connectivity index (χ3n) is 3.31. The van der Waals surface area contributed by atoms with Gasteiger partial charge in [0.05, 0.1) is 10.4 Å². The molecule has 94 valence electrons. The molecule has 2 aromatic carbocycles. The molecule has 4 nitrogen and oxygen atoms in total. The van der Waals surface area contributed by atoms with Crippen molar-refractivity contribution < 1.29 is 4.92 Å². The van der Waals surface area contributed by atoms with E-state index in [0.717, 1.165) is 22.0 Å². The number of nitrogens with zero attached hydrogens (tertiary/aromatic N) is 1. The van der Waals surface area contributed by atoms with E-state index in [1.165, 1.54) is 11.6 Å². The maximum Gasteiger partial charge on any atom is 0.271 e. The zero-order valence-electron chi connectivity index (χ0n) is 10.4. The highest BCUT2D eigenvalue weighted by molar-refractivity contribution is 5.97. The van der Waals surface area contributed by atoms with Crippen molar-refractivity contribution in [1.82, 2.24) is 4.98 Å². The van der Waals surface area contributed by atoms with E-state index in [-0.39, 0.29) is 10.6 Å². The smallest absolute Gasteiger partial charge is 0.271 e. The summed E-state index contributed by atoms with van der Waals surface area (Å²) in [4.78, 5) is 13.5. The van der Waals surface area contributed by atoms with E-state index in [1.807, 2.05) is 18.3 Å². The predicted molar refractivity (Wildman–Crippen MR) is 75.1 cm³/mol. The number of nitrogens with one attached hydrogen (secondary N) is 1. The lowest BCUT2D eigenvalue weighted by Gasteiger charge is -2.03. The number of rotatable bonds is 2. The number of fused-ring (bicyclic) bond motifs is 1. The Balaban J connectivity index is 2.22. The van der Waals surface area contributed by atoms with Gasteiger partial charge in [-0.25, -0.2) is 0 Å². The summed E-state index contributed by atoms with van der Waals surface area (Å²) in [6.45, 7) is 2.06. The van der Waals surface area contributed by atoms with Crippen molar-refractivity contribution in [3.63, 3.8) is 0 Å².